The van der Waals surface area contributed by atoms with Gasteiger partial charge in [0.2, 0.25) is 0 Å². The normalized spacial score (nSPS) is 12.8. The van der Waals surface area contributed by atoms with E-state index in [1.54, 1.807) is 0 Å². The van der Waals surface area contributed by atoms with Gasteiger partial charge in [-0.05, 0) is 109 Å². The second-order valence-electron chi connectivity index (χ2n) is 20.6. The highest BCUT2D eigenvalue weighted by Gasteiger charge is 2.19. The summed E-state index contributed by atoms with van der Waals surface area (Å²) < 4.78 is 16.9. The number of hydrogen-bond acceptors (Lipinski definition) is 6. The van der Waals surface area contributed by atoms with E-state index in [4.69, 9.17) is 14.2 Å². The Balaban J connectivity index is 4.21. The van der Waals surface area contributed by atoms with E-state index in [-0.39, 0.29) is 31.1 Å². The van der Waals surface area contributed by atoms with Gasteiger partial charge in [-0.2, -0.15) is 0 Å². The van der Waals surface area contributed by atoms with E-state index in [1.165, 1.54) is 128 Å². The minimum atomic E-state index is -0.784. The number of rotatable bonds is 56. The van der Waals surface area contributed by atoms with Crippen molar-refractivity contribution in [2.24, 2.45) is 0 Å². The minimum Gasteiger partial charge on any atom is -0.462 e. The molecule has 0 N–H and O–H groups in total. The van der Waals surface area contributed by atoms with Crippen molar-refractivity contribution in [3.8, 4) is 0 Å². The number of carbonyl (C=O) groups is 3. The molecule has 0 radical (unpaired) electrons. The molecule has 0 aliphatic heterocycles. The Morgan fingerprint density at radius 3 is 0.840 bits per heavy atom. The average molecular weight is 1040 g/mol. The van der Waals surface area contributed by atoms with Crippen LogP contribution in [0.15, 0.2) is 109 Å². The van der Waals surface area contributed by atoms with E-state index in [1.807, 2.05) is 0 Å². The van der Waals surface area contributed by atoms with Gasteiger partial charge in [-0.25, -0.2) is 0 Å². The zero-order valence-electron chi connectivity index (χ0n) is 49.0. The van der Waals surface area contributed by atoms with Crippen molar-refractivity contribution in [1.82, 2.24) is 0 Å². The van der Waals surface area contributed by atoms with Crippen molar-refractivity contribution in [2.75, 3.05) is 13.2 Å². The molecule has 0 fully saturated rings. The summed E-state index contributed by atoms with van der Waals surface area (Å²) in [6, 6.07) is 0. The maximum Gasteiger partial charge on any atom is 0.306 e. The number of allylic oxidation sites excluding steroid dienone is 18. The van der Waals surface area contributed by atoms with Gasteiger partial charge in [0.25, 0.3) is 0 Å². The number of ether oxygens (including phenoxy) is 3. The molecule has 0 amide bonds. The molecule has 6 heteroatoms. The molecule has 0 aliphatic carbocycles. The van der Waals surface area contributed by atoms with Crippen LogP contribution in [0.4, 0.5) is 0 Å². The monoisotopic (exact) mass is 1040 g/mol. The molecule has 0 spiro atoms. The Bertz CT molecular complexity index is 1520. The fraction of sp³-hybridized carbons (Fsp3) is 0.696. The summed E-state index contributed by atoms with van der Waals surface area (Å²) in [4.78, 5) is 38.1. The fourth-order valence-corrected chi connectivity index (χ4v) is 8.57. The lowest BCUT2D eigenvalue weighted by Crippen LogP contribution is -2.30. The first-order valence-corrected chi connectivity index (χ1v) is 31.4. The molecule has 0 aliphatic rings. The van der Waals surface area contributed by atoms with Gasteiger partial charge in [-0.3, -0.25) is 14.4 Å². The molecule has 0 aromatic rings. The third-order valence-electron chi connectivity index (χ3n) is 13.3. The molecule has 0 bridgehead atoms. The summed E-state index contributed by atoms with van der Waals surface area (Å²) in [6.07, 6.45) is 85.3. The molecule has 0 saturated heterocycles. The predicted molar refractivity (Wildman–Crippen MR) is 325 cm³/mol. The van der Waals surface area contributed by atoms with Crippen LogP contribution in [0.25, 0.3) is 0 Å². The second-order valence-corrected chi connectivity index (χ2v) is 20.6. The van der Waals surface area contributed by atoms with Gasteiger partial charge in [-0.1, -0.05) is 271 Å². The number of esters is 3. The molecule has 0 aromatic carbocycles. The first-order valence-electron chi connectivity index (χ1n) is 31.4. The number of carbonyl (C=O) groups excluding carboxylic acids is 3. The third kappa shape index (κ3) is 60.8. The van der Waals surface area contributed by atoms with Crippen LogP contribution in [0.1, 0.15) is 290 Å². The highest BCUT2D eigenvalue weighted by Crippen LogP contribution is 2.15. The lowest BCUT2D eigenvalue weighted by atomic mass is 10.1. The van der Waals surface area contributed by atoms with Crippen LogP contribution < -0.4 is 0 Å². The molecule has 1 unspecified atom stereocenters. The van der Waals surface area contributed by atoms with Gasteiger partial charge in [-0.15, -0.1) is 0 Å². The van der Waals surface area contributed by atoms with E-state index >= 15 is 0 Å². The number of hydrogen-bond donors (Lipinski definition) is 0. The molecular formula is C69H116O6. The molecule has 0 saturated carbocycles. The SMILES string of the molecule is CC/C=C\C/C=C\C/C=C\C/C=C\C/C=C\C/C=C\C/C=C\CCCCCCCCCCCC(=O)OCC(COC(=O)CCCCCCCCCCC)OC(=O)CCCCCCCCC/C=C\C/C=C\CCCCC. The fourth-order valence-electron chi connectivity index (χ4n) is 8.57. The van der Waals surface area contributed by atoms with Gasteiger partial charge in [0.1, 0.15) is 13.2 Å². The Kier molecular flexibility index (Phi) is 59.3. The lowest BCUT2D eigenvalue weighted by Gasteiger charge is -2.18. The second kappa shape index (κ2) is 62.6. The van der Waals surface area contributed by atoms with Gasteiger partial charge in [0.15, 0.2) is 6.10 Å². The van der Waals surface area contributed by atoms with Gasteiger partial charge >= 0.3 is 17.9 Å². The van der Waals surface area contributed by atoms with E-state index in [2.05, 4.69) is 130 Å². The van der Waals surface area contributed by atoms with Crippen molar-refractivity contribution in [3.63, 3.8) is 0 Å². The molecule has 0 rings (SSSR count). The molecule has 428 valence electrons. The minimum absolute atomic E-state index is 0.0814. The average Bonchev–Trinajstić information content (AvgIpc) is 3.41. The highest BCUT2D eigenvalue weighted by molar-refractivity contribution is 5.71. The summed E-state index contributed by atoms with van der Waals surface area (Å²) in [5, 5.41) is 0. The van der Waals surface area contributed by atoms with Crippen LogP contribution in [-0.4, -0.2) is 37.2 Å². The highest BCUT2D eigenvalue weighted by atomic mass is 16.6. The smallest absolute Gasteiger partial charge is 0.306 e. The zero-order valence-corrected chi connectivity index (χ0v) is 49.0. The van der Waals surface area contributed by atoms with Gasteiger partial charge in [0, 0.05) is 19.3 Å². The van der Waals surface area contributed by atoms with Crippen molar-refractivity contribution < 1.29 is 28.6 Å². The predicted octanol–water partition coefficient (Wildman–Crippen LogP) is 21.4. The van der Waals surface area contributed by atoms with Crippen LogP contribution in [0, 0.1) is 0 Å². The molecule has 0 aromatic heterocycles. The first-order chi connectivity index (χ1) is 37.0. The first kappa shape index (κ1) is 71.1. The third-order valence-corrected chi connectivity index (χ3v) is 13.3. The van der Waals surface area contributed by atoms with Crippen LogP contribution >= 0.6 is 0 Å². The van der Waals surface area contributed by atoms with Crippen molar-refractivity contribution >= 4 is 17.9 Å². The molecule has 1 atom stereocenters. The molecule has 0 heterocycles. The summed E-state index contributed by atoms with van der Waals surface area (Å²) in [5.74, 6) is -0.893. The Morgan fingerprint density at radius 1 is 0.280 bits per heavy atom. The van der Waals surface area contributed by atoms with Crippen molar-refractivity contribution in [2.45, 2.75) is 297 Å². The van der Waals surface area contributed by atoms with E-state index < -0.39 is 6.10 Å². The zero-order chi connectivity index (χ0) is 54.3. The van der Waals surface area contributed by atoms with Crippen molar-refractivity contribution in [3.05, 3.63) is 109 Å². The Hall–Kier alpha value is -3.93. The number of unbranched alkanes of at least 4 members (excludes halogenated alkanes) is 27. The summed E-state index contributed by atoms with van der Waals surface area (Å²) in [6.45, 7) is 6.48. The van der Waals surface area contributed by atoms with Crippen LogP contribution in [0.5, 0.6) is 0 Å². The Morgan fingerprint density at radius 2 is 0.520 bits per heavy atom. The maximum absolute atomic E-state index is 12.9. The van der Waals surface area contributed by atoms with E-state index in [0.29, 0.717) is 19.3 Å². The van der Waals surface area contributed by atoms with Crippen molar-refractivity contribution in [1.29, 1.82) is 0 Å². The standard InChI is InChI=1S/C69H116O6/c1-4-7-10-13-16-19-21-23-25-27-28-29-30-31-32-33-34-35-36-37-38-39-40-42-43-45-47-50-53-56-59-62-68(71)74-65-66(64-73-67(70)61-58-55-52-49-18-15-12-9-6-3)75-69(72)63-60-57-54-51-48-46-44-41-26-24-22-20-17-14-11-8-5-2/h7,10,16-17,19-20,23-26,28-29,31-32,34-35,37-38,66H,4-6,8-9,11-15,18,21-22,27,30,33,36,39-65H2,1-3H3/b10-7-,19-16-,20-17-,25-23-,26-24-,29-28-,32-31-,35-34-,38-37-. The summed E-state index contributed by atoms with van der Waals surface area (Å²) in [5.41, 5.74) is 0. The van der Waals surface area contributed by atoms with Crippen LogP contribution in [0.2, 0.25) is 0 Å². The summed E-state index contributed by atoms with van der Waals surface area (Å²) in [7, 11) is 0. The lowest BCUT2D eigenvalue weighted by molar-refractivity contribution is -0.167. The molecular weight excluding hydrogens is 925 g/mol. The van der Waals surface area contributed by atoms with E-state index in [0.717, 1.165) is 122 Å². The van der Waals surface area contributed by atoms with Gasteiger partial charge < -0.3 is 14.2 Å². The van der Waals surface area contributed by atoms with E-state index in [9.17, 15) is 14.4 Å². The Labute approximate surface area is 463 Å². The van der Waals surface area contributed by atoms with Crippen LogP contribution in [0.3, 0.4) is 0 Å². The quantitative estimate of drug-likeness (QED) is 0.0261. The molecule has 75 heavy (non-hydrogen) atoms. The van der Waals surface area contributed by atoms with Gasteiger partial charge in [0.05, 0.1) is 0 Å². The summed E-state index contributed by atoms with van der Waals surface area (Å²) >= 11 is 0. The largest absolute Gasteiger partial charge is 0.462 e. The maximum atomic E-state index is 12.9. The van der Waals surface area contributed by atoms with Crippen LogP contribution in [-0.2, 0) is 28.6 Å². The topological polar surface area (TPSA) is 78.9 Å². The molecule has 6 nitrogen and oxygen atoms in total.